The zero-order chi connectivity index (χ0) is 24.7. The molecule has 0 radical (unpaired) electrons. The fourth-order valence-electron chi connectivity index (χ4n) is 6.21. The number of piperazine rings is 1. The third-order valence-corrected chi connectivity index (χ3v) is 8.22. The van der Waals surface area contributed by atoms with Crippen molar-refractivity contribution in [1.82, 2.24) is 19.7 Å². The van der Waals surface area contributed by atoms with Crippen LogP contribution in [0.4, 0.5) is 5.69 Å². The average Bonchev–Trinajstić information content (AvgIpc) is 2.93. The Morgan fingerprint density at radius 1 is 0.972 bits per heavy atom. The van der Waals surface area contributed by atoms with Crippen LogP contribution in [0.5, 0.6) is 0 Å². The molecule has 2 atom stereocenters. The zero-order valence-corrected chi connectivity index (χ0v) is 21.7. The molecule has 0 N–H and O–H groups in total. The number of benzene rings is 1. The molecular weight excluding hydrogens is 450 g/mol. The number of morpholine rings is 1. The number of rotatable bonds is 7. The Morgan fingerprint density at radius 2 is 1.75 bits per heavy atom. The fraction of sp³-hybridized carbons (Fsp3) is 0.586. The SMILES string of the molecule is Cc1ccccc1N1CCN(C(=O)CC[C@H]2CN(Cc3ccccn3)CC[C@H]2N2CCOCC2)CC1. The molecule has 36 heavy (non-hydrogen) atoms. The van der Waals surface area contributed by atoms with Gasteiger partial charge in [-0.05, 0) is 49.4 Å². The molecule has 0 saturated carbocycles. The second-order valence-corrected chi connectivity index (χ2v) is 10.5. The highest BCUT2D eigenvalue weighted by Crippen LogP contribution is 2.28. The normalized spacial score (nSPS) is 24.1. The monoisotopic (exact) mass is 491 g/mol. The lowest BCUT2D eigenvalue weighted by atomic mass is 9.86. The Hall–Kier alpha value is -2.48. The summed E-state index contributed by atoms with van der Waals surface area (Å²) in [4.78, 5) is 27.5. The van der Waals surface area contributed by atoms with Crippen LogP contribution in [0, 0.1) is 12.8 Å². The largest absolute Gasteiger partial charge is 0.379 e. The second-order valence-electron chi connectivity index (χ2n) is 10.5. The van der Waals surface area contributed by atoms with Gasteiger partial charge in [0, 0.05) is 83.2 Å². The summed E-state index contributed by atoms with van der Waals surface area (Å²) in [7, 11) is 0. The van der Waals surface area contributed by atoms with Crippen molar-refractivity contribution in [3.05, 3.63) is 59.9 Å². The van der Waals surface area contributed by atoms with Crippen LogP contribution in [-0.2, 0) is 16.1 Å². The van der Waals surface area contributed by atoms with Gasteiger partial charge >= 0.3 is 0 Å². The van der Waals surface area contributed by atoms with Crippen LogP contribution >= 0.6 is 0 Å². The van der Waals surface area contributed by atoms with Gasteiger partial charge in [0.05, 0.1) is 18.9 Å². The minimum Gasteiger partial charge on any atom is -0.379 e. The van der Waals surface area contributed by atoms with E-state index in [1.54, 1.807) is 0 Å². The molecule has 0 aliphatic carbocycles. The van der Waals surface area contributed by atoms with Crippen molar-refractivity contribution in [2.45, 2.75) is 38.8 Å². The summed E-state index contributed by atoms with van der Waals surface area (Å²) >= 11 is 0. The molecule has 0 unspecified atom stereocenters. The van der Waals surface area contributed by atoms with Crippen molar-refractivity contribution in [2.75, 3.05) is 70.5 Å². The molecule has 3 aliphatic rings. The topological polar surface area (TPSA) is 52.2 Å². The Kier molecular flexibility index (Phi) is 8.51. The number of likely N-dealkylation sites (tertiary alicyclic amines) is 1. The number of para-hydroxylation sites is 1. The van der Waals surface area contributed by atoms with Gasteiger partial charge in [0.2, 0.25) is 5.91 Å². The van der Waals surface area contributed by atoms with Gasteiger partial charge in [0.1, 0.15) is 0 Å². The van der Waals surface area contributed by atoms with E-state index in [0.717, 1.165) is 90.7 Å². The Labute approximate surface area is 216 Å². The smallest absolute Gasteiger partial charge is 0.222 e. The molecule has 0 bridgehead atoms. The van der Waals surface area contributed by atoms with Crippen LogP contribution in [0.2, 0.25) is 0 Å². The molecule has 1 aromatic carbocycles. The molecule has 3 saturated heterocycles. The van der Waals surface area contributed by atoms with Crippen molar-refractivity contribution in [3.63, 3.8) is 0 Å². The first-order valence-corrected chi connectivity index (χ1v) is 13.7. The number of pyridine rings is 1. The number of piperidine rings is 1. The second kappa shape index (κ2) is 12.2. The molecule has 5 rings (SSSR count). The van der Waals surface area contributed by atoms with Gasteiger partial charge in [0.15, 0.2) is 0 Å². The van der Waals surface area contributed by atoms with Crippen LogP contribution in [0.3, 0.4) is 0 Å². The minimum absolute atomic E-state index is 0.321. The van der Waals surface area contributed by atoms with Crippen LogP contribution < -0.4 is 4.90 Å². The van der Waals surface area contributed by atoms with E-state index in [4.69, 9.17) is 4.74 Å². The van der Waals surface area contributed by atoms with Crippen molar-refractivity contribution in [3.8, 4) is 0 Å². The predicted octanol–water partition coefficient (Wildman–Crippen LogP) is 3.04. The lowest BCUT2D eigenvalue weighted by Crippen LogP contribution is -2.54. The molecular formula is C29H41N5O2. The molecule has 3 fully saturated rings. The minimum atomic E-state index is 0.321. The van der Waals surface area contributed by atoms with Gasteiger partial charge in [-0.2, -0.15) is 0 Å². The van der Waals surface area contributed by atoms with E-state index in [1.807, 2.05) is 12.3 Å². The third kappa shape index (κ3) is 6.25. The molecule has 0 spiro atoms. The highest BCUT2D eigenvalue weighted by atomic mass is 16.5. The Bertz CT molecular complexity index is 973. The Balaban J connectivity index is 1.16. The lowest BCUT2D eigenvalue weighted by Gasteiger charge is -2.45. The number of carbonyl (C=O) groups is 1. The summed E-state index contributed by atoms with van der Waals surface area (Å²) in [5, 5.41) is 0. The maximum Gasteiger partial charge on any atom is 0.222 e. The standard InChI is InChI=1S/C29H41N5O2/c1-24-6-2-3-8-27(24)32-14-16-34(17-15-32)29(35)10-9-25-22-31(23-26-7-4-5-12-30-26)13-11-28(25)33-18-20-36-21-19-33/h2-8,12,25,28H,9-11,13-23H2,1H3/t25-,28+/m0/s1. The Morgan fingerprint density at radius 3 is 2.50 bits per heavy atom. The van der Waals surface area contributed by atoms with Gasteiger partial charge in [0.25, 0.3) is 0 Å². The number of hydrogen-bond acceptors (Lipinski definition) is 6. The first kappa shape index (κ1) is 25.2. The zero-order valence-electron chi connectivity index (χ0n) is 21.7. The van der Waals surface area contributed by atoms with Crippen LogP contribution in [0.25, 0.3) is 0 Å². The van der Waals surface area contributed by atoms with Crippen LogP contribution in [0.15, 0.2) is 48.7 Å². The van der Waals surface area contributed by atoms with Crippen LogP contribution in [0.1, 0.15) is 30.5 Å². The summed E-state index contributed by atoms with van der Waals surface area (Å²) < 4.78 is 5.63. The maximum atomic E-state index is 13.3. The molecule has 3 aliphatic heterocycles. The summed E-state index contributed by atoms with van der Waals surface area (Å²) in [5.41, 5.74) is 3.73. The summed E-state index contributed by atoms with van der Waals surface area (Å²) in [6.45, 7) is 12.3. The highest BCUT2D eigenvalue weighted by molar-refractivity contribution is 5.76. The number of carbonyl (C=O) groups excluding carboxylic acids is 1. The molecule has 4 heterocycles. The molecule has 1 aromatic heterocycles. The van der Waals surface area contributed by atoms with Crippen molar-refractivity contribution in [1.29, 1.82) is 0 Å². The van der Waals surface area contributed by atoms with E-state index in [1.165, 1.54) is 11.3 Å². The third-order valence-electron chi connectivity index (χ3n) is 8.22. The van der Waals surface area contributed by atoms with Gasteiger partial charge in [-0.3, -0.25) is 19.6 Å². The summed E-state index contributed by atoms with van der Waals surface area (Å²) in [6.07, 6.45) is 4.64. The van der Waals surface area contributed by atoms with Gasteiger partial charge in [-0.25, -0.2) is 0 Å². The number of aryl methyl sites for hydroxylation is 1. The average molecular weight is 492 g/mol. The maximum absolute atomic E-state index is 13.3. The first-order valence-electron chi connectivity index (χ1n) is 13.7. The van der Waals surface area contributed by atoms with Crippen molar-refractivity contribution < 1.29 is 9.53 Å². The van der Waals surface area contributed by atoms with E-state index in [0.29, 0.717) is 24.3 Å². The van der Waals surface area contributed by atoms with Crippen LogP contribution in [-0.4, -0.2) is 97.2 Å². The molecule has 7 heteroatoms. The quantitative estimate of drug-likeness (QED) is 0.594. The number of amides is 1. The van der Waals surface area contributed by atoms with E-state index in [2.05, 4.69) is 67.9 Å². The molecule has 1 amide bonds. The predicted molar refractivity (Wildman–Crippen MR) is 143 cm³/mol. The van der Waals surface area contributed by atoms with Crippen molar-refractivity contribution >= 4 is 11.6 Å². The highest BCUT2D eigenvalue weighted by Gasteiger charge is 2.34. The fourth-order valence-corrected chi connectivity index (χ4v) is 6.21. The summed E-state index contributed by atoms with van der Waals surface area (Å²) in [6, 6.07) is 15.2. The van der Waals surface area contributed by atoms with E-state index in [9.17, 15) is 4.79 Å². The number of ether oxygens (including phenoxy) is 1. The molecule has 7 nitrogen and oxygen atoms in total. The van der Waals surface area contributed by atoms with Crippen molar-refractivity contribution in [2.24, 2.45) is 5.92 Å². The van der Waals surface area contributed by atoms with Gasteiger partial charge in [-0.1, -0.05) is 24.3 Å². The number of nitrogens with zero attached hydrogens (tertiary/aromatic N) is 5. The van der Waals surface area contributed by atoms with Gasteiger partial charge < -0.3 is 14.5 Å². The summed E-state index contributed by atoms with van der Waals surface area (Å²) in [5.74, 6) is 0.819. The van der Waals surface area contributed by atoms with E-state index >= 15 is 0 Å². The molecule has 194 valence electrons. The lowest BCUT2D eigenvalue weighted by molar-refractivity contribution is -0.132. The number of aromatic nitrogens is 1. The number of hydrogen-bond donors (Lipinski definition) is 0. The van der Waals surface area contributed by atoms with E-state index in [-0.39, 0.29) is 0 Å². The molecule has 2 aromatic rings. The number of anilines is 1. The van der Waals surface area contributed by atoms with E-state index < -0.39 is 0 Å². The first-order chi connectivity index (χ1) is 17.7. The van der Waals surface area contributed by atoms with Gasteiger partial charge in [-0.15, -0.1) is 0 Å².